The van der Waals surface area contributed by atoms with Gasteiger partial charge in [0.25, 0.3) is 11.8 Å². The maximum absolute atomic E-state index is 12.3. The molecule has 1 aromatic heterocycles. The molecule has 0 atom stereocenters. The zero-order valence-corrected chi connectivity index (χ0v) is 15.8. The molecule has 0 aliphatic rings. The highest BCUT2D eigenvalue weighted by Gasteiger charge is 2.08. The zero-order chi connectivity index (χ0) is 19.9. The third kappa shape index (κ3) is 4.94. The number of rotatable bonds is 6. The molecule has 0 aliphatic carbocycles. The van der Waals surface area contributed by atoms with Crippen molar-refractivity contribution in [2.24, 2.45) is 0 Å². The first-order valence-electron chi connectivity index (χ1n) is 8.90. The molecule has 142 valence electrons. The Kier molecular flexibility index (Phi) is 6.01. The Morgan fingerprint density at radius 1 is 0.857 bits per heavy atom. The highest BCUT2D eigenvalue weighted by Crippen LogP contribution is 2.12. The lowest BCUT2D eigenvalue weighted by Gasteiger charge is -2.11. The molecule has 0 spiro atoms. The summed E-state index contributed by atoms with van der Waals surface area (Å²) in [6, 6.07) is 19.6. The Morgan fingerprint density at radius 3 is 2.14 bits per heavy atom. The average Bonchev–Trinajstić information content (AvgIpc) is 2.73. The first-order chi connectivity index (χ1) is 13.5. The molecule has 0 fully saturated rings. The number of aromatic nitrogens is 1. The van der Waals surface area contributed by atoms with Gasteiger partial charge in [0.2, 0.25) is 0 Å². The van der Waals surface area contributed by atoms with Gasteiger partial charge in [-0.2, -0.15) is 0 Å². The summed E-state index contributed by atoms with van der Waals surface area (Å²) >= 11 is 0. The molecule has 0 radical (unpaired) electrons. The summed E-state index contributed by atoms with van der Waals surface area (Å²) in [5.41, 5.74) is 2.66. The summed E-state index contributed by atoms with van der Waals surface area (Å²) in [4.78, 5) is 30.7. The number of anilines is 2. The van der Waals surface area contributed by atoms with E-state index in [2.05, 4.69) is 15.6 Å². The predicted octanol–water partition coefficient (Wildman–Crippen LogP) is 3.33. The number of benzene rings is 2. The molecule has 6 heteroatoms. The minimum Gasteiger partial charge on any atom is -0.363 e. The molecule has 0 aliphatic heterocycles. The molecule has 0 bridgehead atoms. The lowest BCUT2D eigenvalue weighted by Crippen LogP contribution is -2.23. The van der Waals surface area contributed by atoms with Crippen LogP contribution in [0.1, 0.15) is 26.3 Å². The summed E-state index contributed by atoms with van der Waals surface area (Å²) in [7, 11) is 3.85. The minimum atomic E-state index is -0.188. The van der Waals surface area contributed by atoms with Crippen LogP contribution in [0.25, 0.3) is 0 Å². The van der Waals surface area contributed by atoms with E-state index in [4.69, 9.17) is 0 Å². The molecule has 0 unspecified atom stereocenters. The summed E-state index contributed by atoms with van der Waals surface area (Å²) in [6.07, 6.45) is 1.75. The van der Waals surface area contributed by atoms with Crippen LogP contribution in [0.2, 0.25) is 0 Å². The van der Waals surface area contributed by atoms with Crippen LogP contribution in [-0.4, -0.2) is 30.9 Å². The number of nitrogens with zero attached hydrogens (tertiary/aromatic N) is 2. The Balaban J connectivity index is 1.55. The molecule has 3 rings (SSSR count). The van der Waals surface area contributed by atoms with Crippen molar-refractivity contribution in [1.82, 2.24) is 10.3 Å². The van der Waals surface area contributed by atoms with E-state index in [1.807, 2.05) is 49.3 Å². The quantitative estimate of drug-likeness (QED) is 0.694. The fourth-order valence-electron chi connectivity index (χ4n) is 2.57. The number of hydrogen-bond acceptors (Lipinski definition) is 4. The highest BCUT2D eigenvalue weighted by molar-refractivity contribution is 6.04. The van der Waals surface area contributed by atoms with E-state index < -0.39 is 0 Å². The molecule has 3 aromatic rings. The van der Waals surface area contributed by atoms with Crippen LogP contribution >= 0.6 is 0 Å². The van der Waals surface area contributed by atoms with Crippen molar-refractivity contribution in [3.63, 3.8) is 0 Å². The van der Waals surface area contributed by atoms with Crippen molar-refractivity contribution < 1.29 is 9.59 Å². The first-order valence-corrected chi connectivity index (χ1v) is 8.90. The van der Waals surface area contributed by atoms with Gasteiger partial charge in [0.15, 0.2) is 0 Å². The van der Waals surface area contributed by atoms with Crippen molar-refractivity contribution >= 4 is 23.3 Å². The van der Waals surface area contributed by atoms with Gasteiger partial charge in [-0.15, -0.1) is 0 Å². The largest absolute Gasteiger partial charge is 0.363 e. The van der Waals surface area contributed by atoms with Crippen molar-refractivity contribution in [2.75, 3.05) is 24.3 Å². The summed E-state index contributed by atoms with van der Waals surface area (Å²) in [5.74, 6) is 0.493. The van der Waals surface area contributed by atoms with Gasteiger partial charge in [0, 0.05) is 43.7 Å². The monoisotopic (exact) mass is 374 g/mol. The third-order valence-corrected chi connectivity index (χ3v) is 4.16. The van der Waals surface area contributed by atoms with E-state index in [9.17, 15) is 9.59 Å². The number of amides is 2. The molecular weight excluding hydrogens is 352 g/mol. The molecule has 6 nitrogen and oxygen atoms in total. The average molecular weight is 374 g/mol. The Labute approximate surface area is 164 Å². The lowest BCUT2D eigenvalue weighted by atomic mass is 10.1. The van der Waals surface area contributed by atoms with E-state index in [0.717, 1.165) is 11.4 Å². The van der Waals surface area contributed by atoms with Gasteiger partial charge in [-0.05, 0) is 48.0 Å². The van der Waals surface area contributed by atoms with Gasteiger partial charge in [0.1, 0.15) is 5.82 Å². The maximum Gasteiger partial charge on any atom is 0.255 e. The van der Waals surface area contributed by atoms with E-state index in [0.29, 0.717) is 23.4 Å². The number of pyridine rings is 1. The van der Waals surface area contributed by atoms with Crippen LogP contribution < -0.4 is 15.5 Å². The molecule has 0 saturated heterocycles. The Morgan fingerprint density at radius 2 is 1.54 bits per heavy atom. The number of nitrogens with one attached hydrogen (secondary N) is 2. The van der Waals surface area contributed by atoms with Crippen LogP contribution in [0, 0.1) is 0 Å². The van der Waals surface area contributed by atoms with Crippen molar-refractivity contribution in [3.05, 3.63) is 89.6 Å². The summed E-state index contributed by atoms with van der Waals surface area (Å²) < 4.78 is 0. The van der Waals surface area contributed by atoms with Crippen LogP contribution in [0.15, 0.2) is 72.9 Å². The topological polar surface area (TPSA) is 74.3 Å². The molecular formula is C22H22N4O2. The maximum atomic E-state index is 12.3. The number of carbonyl (C=O) groups is 2. The number of carbonyl (C=O) groups excluding carboxylic acids is 2. The van der Waals surface area contributed by atoms with Gasteiger partial charge in [0.05, 0.1) is 0 Å². The van der Waals surface area contributed by atoms with Gasteiger partial charge >= 0.3 is 0 Å². The minimum absolute atomic E-state index is 0.183. The van der Waals surface area contributed by atoms with E-state index in [1.165, 1.54) is 0 Å². The molecule has 1 heterocycles. The smallest absolute Gasteiger partial charge is 0.255 e. The first kappa shape index (κ1) is 19.1. The van der Waals surface area contributed by atoms with Crippen LogP contribution in [0.5, 0.6) is 0 Å². The van der Waals surface area contributed by atoms with Crippen molar-refractivity contribution in [1.29, 1.82) is 0 Å². The second-order valence-corrected chi connectivity index (χ2v) is 6.50. The molecule has 2 amide bonds. The highest BCUT2D eigenvalue weighted by atomic mass is 16.2. The SMILES string of the molecule is CN(C)c1ccc(CNC(=O)c2ccc(NC(=O)c3ccccc3)cc2)cn1. The number of hydrogen-bond donors (Lipinski definition) is 2. The van der Waals surface area contributed by atoms with Crippen molar-refractivity contribution in [3.8, 4) is 0 Å². The second-order valence-electron chi connectivity index (χ2n) is 6.50. The van der Waals surface area contributed by atoms with Gasteiger partial charge in [-0.1, -0.05) is 24.3 Å². The Bertz CT molecular complexity index is 937. The normalized spacial score (nSPS) is 10.2. The van der Waals surface area contributed by atoms with E-state index in [-0.39, 0.29) is 11.8 Å². The second kappa shape index (κ2) is 8.81. The van der Waals surface area contributed by atoms with E-state index >= 15 is 0 Å². The Hall–Kier alpha value is -3.67. The van der Waals surface area contributed by atoms with Gasteiger partial charge in [-0.25, -0.2) is 4.98 Å². The van der Waals surface area contributed by atoms with Gasteiger partial charge in [-0.3, -0.25) is 9.59 Å². The lowest BCUT2D eigenvalue weighted by molar-refractivity contribution is 0.0950. The fraction of sp³-hybridized carbons (Fsp3) is 0.136. The molecule has 28 heavy (non-hydrogen) atoms. The predicted molar refractivity (Wildman–Crippen MR) is 111 cm³/mol. The van der Waals surface area contributed by atoms with Gasteiger partial charge < -0.3 is 15.5 Å². The third-order valence-electron chi connectivity index (χ3n) is 4.16. The van der Waals surface area contributed by atoms with E-state index in [1.54, 1.807) is 42.6 Å². The summed E-state index contributed by atoms with van der Waals surface area (Å²) in [5, 5.41) is 5.68. The standard InChI is InChI=1S/C22H22N4O2/c1-26(2)20-13-8-16(14-23-20)15-24-21(27)18-9-11-19(12-10-18)25-22(28)17-6-4-3-5-7-17/h3-14H,15H2,1-2H3,(H,24,27)(H,25,28). The fourth-order valence-corrected chi connectivity index (χ4v) is 2.57. The van der Waals surface area contributed by atoms with Crippen LogP contribution in [-0.2, 0) is 6.54 Å². The van der Waals surface area contributed by atoms with Crippen molar-refractivity contribution in [2.45, 2.75) is 6.54 Å². The summed E-state index contributed by atoms with van der Waals surface area (Å²) in [6.45, 7) is 0.395. The van der Waals surface area contributed by atoms with Crippen LogP contribution in [0.4, 0.5) is 11.5 Å². The zero-order valence-electron chi connectivity index (χ0n) is 15.8. The molecule has 0 saturated carbocycles. The van der Waals surface area contributed by atoms with Crippen LogP contribution in [0.3, 0.4) is 0 Å². The molecule has 2 N–H and O–H groups in total. The molecule has 2 aromatic carbocycles.